The quantitative estimate of drug-likeness (QED) is 0.0326. The van der Waals surface area contributed by atoms with Crippen LogP contribution in [0.25, 0.3) is 0 Å². The number of aromatic hydroxyl groups is 1. The van der Waals surface area contributed by atoms with Gasteiger partial charge in [0, 0.05) is 19.3 Å². The van der Waals surface area contributed by atoms with E-state index in [2.05, 4.69) is 42.5 Å². The first-order valence-electron chi connectivity index (χ1n) is 25.8. The molecule has 0 fully saturated rings. The molecule has 0 aliphatic heterocycles. The Balaban J connectivity index is 2.39. The van der Waals surface area contributed by atoms with Crippen LogP contribution in [0.15, 0.2) is 54.6 Å². The number of carboxylic acids is 3. The SMILES string of the molecule is CC(C)C[C@H](NC(=O)[C@@H](N)Cc1ccccc1)C(=O)N[C@@H](CCCCN)C(=O)N[C@@H](C)C(=O)N[C@@H](CC(=O)O)C(=O)N[C@@H](CCC(N)=O)C(=O)N[C@@H](Cc1ccc(O)cc1)C(=O)N[C@@H](CCC(=O)O)C(=O)N[C@H](C(=O)O)C(C)C. The van der Waals surface area contributed by atoms with Crippen LogP contribution in [0.3, 0.4) is 0 Å². The summed E-state index contributed by atoms with van der Waals surface area (Å²) in [6, 6.07) is 0.730. The number of phenolic OH excluding ortho intramolecular Hbond substituents is 1. The first-order chi connectivity index (χ1) is 37.1. The summed E-state index contributed by atoms with van der Waals surface area (Å²) in [6.07, 6.45) is -2.67. The molecular formula is C52H77N11O16. The normalized spacial score (nSPS) is 14.5. The zero-order valence-electron chi connectivity index (χ0n) is 45.0. The monoisotopic (exact) mass is 1110 g/mol. The number of hydrogen-bond acceptors (Lipinski definition) is 15. The van der Waals surface area contributed by atoms with E-state index in [-0.39, 0.29) is 43.9 Å². The molecule has 79 heavy (non-hydrogen) atoms. The lowest BCUT2D eigenvalue weighted by Gasteiger charge is -2.27. The molecule has 0 aliphatic carbocycles. The van der Waals surface area contributed by atoms with Crippen molar-refractivity contribution in [3.8, 4) is 5.75 Å². The third kappa shape index (κ3) is 25.2. The van der Waals surface area contributed by atoms with Gasteiger partial charge >= 0.3 is 17.9 Å². The molecule has 2 aromatic rings. The molecule has 9 atom stereocenters. The maximum atomic E-state index is 14.1. The van der Waals surface area contributed by atoms with Crippen molar-refractivity contribution in [1.82, 2.24) is 42.5 Å². The van der Waals surface area contributed by atoms with E-state index in [1.54, 1.807) is 24.3 Å². The first-order valence-corrected chi connectivity index (χ1v) is 25.8. The number of carbonyl (C=O) groups is 12. The summed E-state index contributed by atoms with van der Waals surface area (Å²) < 4.78 is 0. The molecule has 436 valence electrons. The van der Waals surface area contributed by atoms with E-state index >= 15 is 0 Å². The zero-order chi connectivity index (χ0) is 59.5. The Labute approximate surface area is 457 Å². The van der Waals surface area contributed by atoms with Gasteiger partial charge in [-0.15, -0.1) is 0 Å². The number of hydrogen-bond donors (Lipinski definition) is 15. The Hall–Kier alpha value is -8.20. The summed E-state index contributed by atoms with van der Waals surface area (Å²) >= 11 is 0. The van der Waals surface area contributed by atoms with E-state index in [1.165, 1.54) is 45.0 Å². The number of rotatable bonds is 36. The first kappa shape index (κ1) is 66.9. The van der Waals surface area contributed by atoms with Crippen molar-refractivity contribution in [2.75, 3.05) is 6.54 Å². The Morgan fingerprint density at radius 1 is 0.494 bits per heavy atom. The fraction of sp³-hybridized carbons (Fsp3) is 0.538. The number of amides is 9. The van der Waals surface area contributed by atoms with Gasteiger partial charge in [-0.3, -0.25) is 52.7 Å². The highest BCUT2D eigenvalue weighted by Gasteiger charge is 2.36. The van der Waals surface area contributed by atoms with E-state index in [0.29, 0.717) is 18.4 Å². The van der Waals surface area contributed by atoms with Crippen molar-refractivity contribution in [2.45, 2.75) is 160 Å². The molecular weight excluding hydrogens is 1030 g/mol. The Kier molecular flexibility index (Phi) is 28.7. The van der Waals surface area contributed by atoms with Crippen molar-refractivity contribution in [3.63, 3.8) is 0 Å². The maximum absolute atomic E-state index is 14.1. The van der Waals surface area contributed by atoms with E-state index in [0.717, 1.165) is 5.56 Å². The highest BCUT2D eigenvalue weighted by atomic mass is 16.4. The van der Waals surface area contributed by atoms with Crippen molar-refractivity contribution < 1.29 is 78.0 Å². The van der Waals surface area contributed by atoms with E-state index in [9.17, 15) is 78.0 Å². The smallest absolute Gasteiger partial charge is 0.326 e. The van der Waals surface area contributed by atoms with Crippen LogP contribution in [0.4, 0.5) is 0 Å². The largest absolute Gasteiger partial charge is 0.508 e. The van der Waals surface area contributed by atoms with Gasteiger partial charge in [-0.1, -0.05) is 70.2 Å². The second-order valence-electron chi connectivity index (χ2n) is 19.8. The van der Waals surface area contributed by atoms with Gasteiger partial charge in [-0.05, 0) is 93.5 Å². The van der Waals surface area contributed by atoms with Crippen LogP contribution < -0.4 is 59.7 Å². The van der Waals surface area contributed by atoms with Crippen molar-refractivity contribution in [3.05, 3.63) is 65.7 Å². The van der Waals surface area contributed by atoms with Gasteiger partial charge < -0.3 is 80.2 Å². The lowest BCUT2D eigenvalue weighted by Crippen LogP contribution is -2.60. The van der Waals surface area contributed by atoms with Crippen LogP contribution in [-0.4, -0.2) is 152 Å². The number of carboxylic acid groups (broad SMARTS) is 3. The molecule has 27 nitrogen and oxygen atoms in total. The number of phenols is 1. The van der Waals surface area contributed by atoms with Gasteiger partial charge in [-0.25, -0.2) is 4.79 Å². The van der Waals surface area contributed by atoms with E-state index in [1.807, 2.05) is 19.9 Å². The maximum Gasteiger partial charge on any atom is 0.326 e. The fourth-order valence-electron chi connectivity index (χ4n) is 7.79. The molecule has 0 heterocycles. The van der Waals surface area contributed by atoms with Gasteiger partial charge in [0.15, 0.2) is 0 Å². The highest BCUT2D eigenvalue weighted by Crippen LogP contribution is 2.14. The minimum absolute atomic E-state index is 0.0291. The van der Waals surface area contributed by atoms with Gasteiger partial charge in [0.1, 0.15) is 54.1 Å². The molecule has 0 saturated carbocycles. The molecule has 2 rings (SSSR count). The fourth-order valence-corrected chi connectivity index (χ4v) is 7.79. The van der Waals surface area contributed by atoms with Crippen LogP contribution in [0.1, 0.15) is 104 Å². The second-order valence-corrected chi connectivity index (χ2v) is 19.8. The minimum atomic E-state index is -1.97. The predicted molar refractivity (Wildman–Crippen MR) is 283 cm³/mol. The van der Waals surface area contributed by atoms with E-state index in [4.69, 9.17) is 17.2 Å². The molecule has 0 aliphatic rings. The molecule has 0 radical (unpaired) electrons. The molecule has 0 spiro atoms. The minimum Gasteiger partial charge on any atom is -0.508 e. The van der Waals surface area contributed by atoms with Crippen molar-refractivity contribution in [1.29, 1.82) is 0 Å². The summed E-state index contributed by atoms with van der Waals surface area (Å²) in [7, 11) is 0. The van der Waals surface area contributed by atoms with Gasteiger partial charge in [0.2, 0.25) is 53.2 Å². The lowest BCUT2D eigenvalue weighted by atomic mass is 10.0. The third-order valence-corrected chi connectivity index (χ3v) is 12.2. The van der Waals surface area contributed by atoms with Gasteiger partial charge in [0.05, 0.1) is 12.5 Å². The average Bonchev–Trinajstić information content (AvgIpc) is 3.37. The van der Waals surface area contributed by atoms with Crippen molar-refractivity contribution in [2.24, 2.45) is 29.0 Å². The molecule has 9 amide bonds. The lowest BCUT2D eigenvalue weighted by molar-refractivity contribution is -0.144. The number of nitrogens with two attached hydrogens (primary N) is 3. The summed E-state index contributed by atoms with van der Waals surface area (Å²) in [5, 5.41) is 58.0. The topological polar surface area (TPSA) is 460 Å². The standard InChI is InChI=1S/C52H77N11O16/c1-27(2)23-37(61-45(71)33(54)24-30-11-7-6-8-12-30)49(75)57-34(13-9-10-22-53)46(72)56-29(5)44(70)60-39(26-42(68)69)51(77)58-35(18-20-40(55)65)47(73)62-38(25-31-14-16-32(64)17-15-31)50(76)59-36(19-21-41(66)67)48(74)63-43(28(3)4)52(78)79/h6-8,11-12,14-17,27-29,33-39,43,64H,9-10,13,18-26,53-54H2,1-5H3,(H2,55,65)(H,56,72)(H,57,75)(H,58,77)(H,59,76)(H,60,70)(H,61,71)(H,62,73)(H,63,74)(H,66,67)(H,68,69)(H,78,79)/t29-,33-,34-,35-,36-,37-,38-,39-,43-/m0/s1. The van der Waals surface area contributed by atoms with Crippen LogP contribution in [0.2, 0.25) is 0 Å². The highest BCUT2D eigenvalue weighted by molar-refractivity contribution is 5.99. The number of primary amides is 1. The molecule has 0 unspecified atom stereocenters. The average molecular weight is 1110 g/mol. The molecule has 0 bridgehead atoms. The van der Waals surface area contributed by atoms with E-state index < -0.39 is 163 Å². The number of unbranched alkanes of at least 4 members (excludes halogenated alkanes) is 1. The molecule has 27 heteroatoms. The van der Waals surface area contributed by atoms with Gasteiger partial charge in [0.25, 0.3) is 0 Å². The predicted octanol–water partition coefficient (Wildman–Crippen LogP) is -2.08. The number of aliphatic carboxylic acids is 3. The van der Waals surface area contributed by atoms with Crippen LogP contribution in [0.5, 0.6) is 5.75 Å². The van der Waals surface area contributed by atoms with Crippen LogP contribution in [-0.2, 0) is 70.4 Å². The zero-order valence-corrected chi connectivity index (χ0v) is 45.0. The third-order valence-electron chi connectivity index (χ3n) is 12.2. The molecule has 0 aromatic heterocycles. The summed E-state index contributed by atoms with van der Waals surface area (Å²) in [5.41, 5.74) is 18.3. The summed E-state index contributed by atoms with van der Waals surface area (Å²) in [6.45, 7) is 8.07. The molecule has 0 saturated heterocycles. The number of carbonyl (C=O) groups excluding carboxylic acids is 9. The second kappa shape index (κ2) is 33.8. The van der Waals surface area contributed by atoms with Gasteiger partial charge in [-0.2, -0.15) is 0 Å². The van der Waals surface area contributed by atoms with Crippen LogP contribution in [0, 0.1) is 11.8 Å². The number of benzene rings is 2. The summed E-state index contributed by atoms with van der Waals surface area (Å²) in [5.74, 6) is -14.3. The van der Waals surface area contributed by atoms with Crippen LogP contribution >= 0.6 is 0 Å². The molecule has 18 N–H and O–H groups in total. The molecule has 2 aromatic carbocycles. The number of nitrogens with one attached hydrogen (secondary N) is 8. The Morgan fingerprint density at radius 3 is 1.48 bits per heavy atom. The summed E-state index contributed by atoms with van der Waals surface area (Å²) in [4.78, 5) is 157. The van der Waals surface area contributed by atoms with Crippen molar-refractivity contribution >= 4 is 71.1 Å². The Morgan fingerprint density at radius 2 is 0.962 bits per heavy atom. The Bertz CT molecular complexity index is 2430.